The standard InChI is InChI=1S/C14H20F3N3/c1-11(10-18)19-6-8-20(9-7-19)13-5-3-2-4-12(13)14(15,16)17/h2-5,11H,6-10,18H2,1H3. The number of benzene rings is 1. The summed E-state index contributed by atoms with van der Waals surface area (Å²) in [6.45, 7) is 5.28. The van der Waals surface area contributed by atoms with Gasteiger partial charge in [0.1, 0.15) is 0 Å². The summed E-state index contributed by atoms with van der Waals surface area (Å²) in [6.07, 6.45) is -4.31. The average molecular weight is 287 g/mol. The van der Waals surface area contributed by atoms with Crippen molar-refractivity contribution in [2.45, 2.75) is 19.1 Å². The first kappa shape index (κ1) is 15.1. The number of halogens is 3. The molecule has 0 amide bonds. The van der Waals surface area contributed by atoms with Crippen LogP contribution in [0.4, 0.5) is 18.9 Å². The average Bonchev–Trinajstić information content (AvgIpc) is 2.46. The van der Waals surface area contributed by atoms with Crippen LogP contribution in [0.3, 0.4) is 0 Å². The molecule has 0 aliphatic carbocycles. The van der Waals surface area contributed by atoms with Crippen molar-refractivity contribution in [1.29, 1.82) is 0 Å². The Labute approximate surface area is 117 Å². The Morgan fingerprint density at radius 1 is 1.15 bits per heavy atom. The molecular formula is C14H20F3N3. The predicted molar refractivity (Wildman–Crippen MR) is 73.7 cm³/mol. The zero-order valence-corrected chi connectivity index (χ0v) is 11.5. The highest BCUT2D eigenvalue weighted by Crippen LogP contribution is 2.36. The highest BCUT2D eigenvalue weighted by atomic mass is 19.4. The van der Waals surface area contributed by atoms with Crippen molar-refractivity contribution in [3.05, 3.63) is 29.8 Å². The molecule has 1 atom stereocenters. The van der Waals surface area contributed by atoms with Gasteiger partial charge in [0.05, 0.1) is 5.56 Å². The second-order valence-electron chi connectivity index (χ2n) is 5.12. The molecule has 0 bridgehead atoms. The fourth-order valence-electron chi connectivity index (χ4n) is 2.54. The number of para-hydroxylation sites is 1. The Hall–Kier alpha value is -1.27. The Kier molecular flexibility index (Phi) is 4.55. The van der Waals surface area contributed by atoms with Gasteiger partial charge in [-0.15, -0.1) is 0 Å². The molecular weight excluding hydrogens is 267 g/mol. The van der Waals surface area contributed by atoms with Gasteiger partial charge in [0.25, 0.3) is 0 Å². The summed E-state index contributed by atoms with van der Waals surface area (Å²) >= 11 is 0. The third-order valence-electron chi connectivity index (χ3n) is 3.83. The van der Waals surface area contributed by atoms with Crippen LogP contribution in [0.15, 0.2) is 24.3 Å². The van der Waals surface area contributed by atoms with Gasteiger partial charge >= 0.3 is 6.18 Å². The minimum absolute atomic E-state index is 0.273. The Bertz CT molecular complexity index is 440. The smallest absolute Gasteiger partial charge is 0.368 e. The van der Waals surface area contributed by atoms with E-state index in [0.717, 1.165) is 19.2 Å². The third-order valence-corrected chi connectivity index (χ3v) is 3.83. The van der Waals surface area contributed by atoms with E-state index >= 15 is 0 Å². The number of piperazine rings is 1. The van der Waals surface area contributed by atoms with E-state index in [0.29, 0.717) is 19.6 Å². The molecule has 1 fully saturated rings. The maximum atomic E-state index is 13.0. The molecule has 1 aromatic carbocycles. The molecule has 3 nitrogen and oxygen atoms in total. The maximum absolute atomic E-state index is 13.0. The van der Waals surface area contributed by atoms with E-state index in [4.69, 9.17) is 5.73 Å². The van der Waals surface area contributed by atoms with Crippen LogP contribution in [0.25, 0.3) is 0 Å². The highest BCUT2D eigenvalue weighted by Gasteiger charge is 2.35. The van der Waals surface area contributed by atoms with E-state index in [1.807, 2.05) is 11.8 Å². The Balaban J connectivity index is 2.12. The van der Waals surface area contributed by atoms with Gasteiger partial charge in [-0.3, -0.25) is 4.90 Å². The normalized spacial score (nSPS) is 19.1. The van der Waals surface area contributed by atoms with E-state index < -0.39 is 11.7 Å². The molecule has 0 radical (unpaired) electrons. The summed E-state index contributed by atoms with van der Waals surface area (Å²) in [6, 6.07) is 6.04. The lowest BCUT2D eigenvalue weighted by molar-refractivity contribution is -0.137. The largest absolute Gasteiger partial charge is 0.418 e. The van der Waals surface area contributed by atoms with Crippen LogP contribution < -0.4 is 10.6 Å². The summed E-state index contributed by atoms with van der Waals surface area (Å²) in [5.41, 5.74) is 5.35. The molecule has 1 aromatic rings. The van der Waals surface area contributed by atoms with Crippen LogP contribution in [-0.4, -0.2) is 43.7 Å². The van der Waals surface area contributed by atoms with Crippen LogP contribution in [0.2, 0.25) is 0 Å². The molecule has 1 aliphatic heterocycles. The highest BCUT2D eigenvalue weighted by molar-refractivity contribution is 5.55. The molecule has 6 heteroatoms. The van der Waals surface area contributed by atoms with Gasteiger partial charge in [-0.1, -0.05) is 12.1 Å². The minimum Gasteiger partial charge on any atom is -0.368 e. The number of nitrogens with two attached hydrogens (primary N) is 1. The number of alkyl halides is 3. The Morgan fingerprint density at radius 2 is 1.75 bits per heavy atom. The van der Waals surface area contributed by atoms with Crippen molar-refractivity contribution in [2.24, 2.45) is 5.73 Å². The van der Waals surface area contributed by atoms with Gasteiger partial charge in [-0.25, -0.2) is 0 Å². The second-order valence-corrected chi connectivity index (χ2v) is 5.12. The molecule has 0 aromatic heterocycles. The fraction of sp³-hybridized carbons (Fsp3) is 0.571. The predicted octanol–water partition coefficient (Wildman–Crippen LogP) is 2.17. The van der Waals surface area contributed by atoms with Crippen molar-refractivity contribution < 1.29 is 13.2 Å². The summed E-state index contributed by atoms with van der Waals surface area (Å²) in [4.78, 5) is 4.02. The number of hydrogen-bond donors (Lipinski definition) is 1. The quantitative estimate of drug-likeness (QED) is 0.925. The van der Waals surface area contributed by atoms with Gasteiger partial charge in [-0.05, 0) is 19.1 Å². The second kappa shape index (κ2) is 6.01. The van der Waals surface area contributed by atoms with Crippen LogP contribution in [0.5, 0.6) is 0 Å². The topological polar surface area (TPSA) is 32.5 Å². The van der Waals surface area contributed by atoms with E-state index in [9.17, 15) is 13.2 Å². The molecule has 2 N–H and O–H groups in total. The maximum Gasteiger partial charge on any atom is 0.418 e. The number of nitrogens with zero attached hydrogens (tertiary/aromatic N) is 2. The van der Waals surface area contributed by atoms with Crippen molar-refractivity contribution in [3.8, 4) is 0 Å². The summed E-state index contributed by atoms with van der Waals surface area (Å²) in [5.74, 6) is 0. The molecule has 20 heavy (non-hydrogen) atoms. The lowest BCUT2D eigenvalue weighted by Gasteiger charge is -2.39. The first-order chi connectivity index (χ1) is 9.43. The lowest BCUT2D eigenvalue weighted by Crippen LogP contribution is -2.51. The van der Waals surface area contributed by atoms with Crippen LogP contribution in [0.1, 0.15) is 12.5 Å². The van der Waals surface area contributed by atoms with Gasteiger partial charge in [0.2, 0.25) is 0 Å². The molecule has 1 aliphatic rings. The van der Waals surface area contributed by atoms with Gasteiger partial charge in [-0.2, -0.15) is 13.2 Å². The summed E-state index contributed by atoms with van der Waals surface area (Å²) in [5, 5.41) is 0. The number of rotatable bonds is 3. The molecule has 1 saturated heterocycles. The van der Waals surface area contributed by atoms with Crippen molar-refractivity contribution in [1.82, 2.24) is 4.90 Å². The molecule has 2 rings (SSSR count). The SMILES string of the molecule is CC(CN)N1CCN(c2ccccc2C(F)(F)F)CC1. The van der Waals surface area contributed by atoms with Gasteiger partial charge < -0.3 is 10.6 Å². The lowest BCUT2D eigenvalue weighted by atomic mass is 10.1. The first-order valence-electron chi connectivity index (χ1n) is 6.78. The van der Waals surface area contributed by atoms with Crippen molar-refractivity contribution in [2.75, 3.05) is 37.6 Å². The van der Waals surface area contributed by atoms with E-state index in [2.05, 4.69) is 4.90 Å². The number of anilines is 1. The van der Waals surface area contributed by atoms with Crippen molar-refractivity contribution >= 4 is 5.69 Å². The van der Waals surface area contributed by atoms with Crippen LogP contribution in [-0.2, 0) is 6.18 Å². The Morgan fingerprint density at radius 3 is 2.30 bits per heavy atom. The monoisotopic (exact) mass is 287 g/mol. The molecule has 1 unspecified atom stereocenters. The van der Waals surface area contributed by atoms with Gasteiger partial charge in [0.15, 0.2) is 0 Å². The zero-order valence-electron chi connectivity index (χ0n) is 11.5. The third kappa shape index (κ3) is 3.24. The van der Waals surface area contributed by atoms with E-state index in [1.54, 1.807) is 12.1 Å². The number of hydrogen-bond acceptors (Lipinski definition) is 3. The fourth-order valence-corrected chi connectivity index (χ4v) is 2.54. The minimum atomic E-state index is -4.31. The van der Waals surface area contributed by atoms with Crippen molar-refractivity contribution in [3.63, 3.8) is 0 Å². The van der Waals surface area contributed by atoms with Crippen LogP contribution >= 0.6 is 0 Å². The zero-order chi connectivity index (χ0) is 14.8. The molecule has 0 saturated carbocycles. The molecule has 1 heterocycles. The summed E-state index contributed by atoms with van der Waals surface area (Å²) in [7, 11) is 0. The summed E-state index contributed by atoms with van der Waals surface area (Å²) < 4.78 is 39.0. The van der Waals surface area contributed by atoms with E-state index in [1.165, 1.54) is 6.07 Å². The van der Waals surface area contributed by atoms with E-state index in [-0.39, 0.29) is 11.7 Å². The molecule has 112 valence electrons. The first-order valence-corrected chi connectivity index (χ1v) is 6.78. The van der Waals surface area contributed by atoms with Gasteiger partial charge in [0, 0.05) is 44.5 Å². The van der Waals surface area contributed by atoms with Crippen LogP contribution in [0, 0.1) is 0 Å². The molecule has 0 spiro atoms.